The average molecular weight is 365 g/mol. The Morgan fingerprint density at radius 1 is 1.19 bits per heavy atom. The second-order valence-electron chi connectivity index (χ2n) is 7.48. The Balaban J connectivity index is 1.30. The second kappa shape index (κ2) is 6.49. The van der Waals surface area contributed by atoms with Crippen molar-refractivity contribution in [3.63, 3.8) is 0 Å². The van der Waals surface area contributed by atoms with Crippen molar-refractivity contribution >= 4 is 11.8 Å². The smallest absolute Gasteiger partial charge is 0.291 e. The van der Waals surface area contributed by atoms with Gasteiger partial charge in [0.1, 0.15) is 11.4 Å². The van der Waals surface area contributed by atoms with Gasteiger partial charge in [-0.25, -0.2) is 15.0 Å². The van der Waals surface area contributed by atoms with E-state index in [1.165, 1.54) is 25.9 Å². The summed E-state index contributed by atoms with van der Waals surface area (Å²) in [6.07, 6.45) is 5.99. The molecule has 0 aromatic carbocycles. The summed E-state index contributed by atoms with van der Waals surface area (Å²) >= 11 is 0. The van der Waals surface area contributed by atoms with E-state index in [2.05, 4.69) is 25.2 Å². The van der Waals surface area contributed by atoms with Gasteiger partial charge in [0.15, 0.2) is 0 Å². The van der Waals surface area contributed by atoms with E-state index in [4.69, 9.17) is 9.47 Å². The van der Waals surface area contributed by atoms with Crippen molar-refractivity contribution in [2.45, 2.75) is 18.4 Å². The van der Waals surface area contributed by atoms with Crippen LogP contribution >= 0.6 is 0 Å². The third-order valence-corrected chi connectivity index (χ3v) is 5.89. The molecule has 140 valence electrons. The fourth-order valence-corrected chi connectivity index (χ4v) is 4.41. The summed E-state index contributed by atoms with van der Waals surface area (Å²) in [5.74, 6) is 1.93. The lowest BCUT2D eigenvalue weighted by Gasteiger charge is -2.50. The summed E-state index contributed by atoms with van der Waals surface area (Å²) in [5, 5.41) is 3.26. The van der Waals surface area contributed by atoms with Gasteiger partial charge in [-0.05, 0) is 49.7 Å². The molecule has 1 N–H and O–H groups in total. The lowest BCUT2D eigenvalue weighted by molar-refractivity contribution is -0.0829. The molecule has 3 saturated heterocycles. The lowest BCUT2D eigenvalue weighted by Crippen LogP contribution is -2.61. The zero-order valence-electron chi connectivity index (χ0n) is 15.4. The molecule has 3 fully saturated rings. The highest BCUT2D eigenvalue weighted by atomic mass is 16.5. The van der Waals surface area contributed by atoms with Gasteiger partial charge in [-0.1, -0.05) is 0 Å². The zero-order chi connectivity index (χ0) is 18.3. The first-order chi connectivity index (χ1) is 13.2. The summed E-state index contributed by atoms with van der Waals surface area (Å²) in [6.45, 7) is 4.10. The monoisotopic (exact) mass is 365 g/mol. The highest BCUT2D eigenvalue weighted by Crippen LogP contribution is 2.40. The largest absolute Gasteiger partial charge is 0.481 e. The van der Waals surface area contributed by atoms with Crippen LogP contribution in [-0.2, 0) is 4.74 Å². The van der Waals surface area contributed by atoms with Gasteiger partial charge >= 0.3 is 0 Å². The van der Waals surface area contributed by atoms with Crippen molar-refractivity contribution in [1.82, 2.24) is 14.9 Å². The van der Waals surface area contributed by atoms with E-state index in [0.717, 1.165) is 30.0 Å². The Kier molecular flexibility index (Phi) is 3.97. The van der Waals surface area contributed by atoms with Gasteiger partial charge in [0.2, 0.25) is 5.88 Å². The van der Waals surface area contributed by atoms with Crippen LogP contribution in [0.4, 0.5) is 5.82 Å². The normalized spacial score (nSPS) is 28.7. The molecule has 27 heavy (non-hydrogen) atoms. The maximum absolute atomic E-state index is 6.33. The number of nitrogens with zero attached hydrogens (tertiary/aromatic N) is 4. The van der Waals surface area contributed by atoms with Crippen LogP contribution in [0.15, 0.2) is 41.7 Å². The van der Waals surface area contributed by atoms with E-state index in [9.17, 15) is 0 Å². The third kappa shape index (κ3) is 3.02. The summed E-state index contributed by atoms with van der Waals surface area (Å²) < 4.78 is 11.5. The minimum Gasteiger partial charge on any atom is -0.481 e. The molecule has 2 bridgehead atoms. The number of methoxy groups -OCH3 is 1. The number of nitrogens with one attached hydrogen (secondary N) is 1. The minimum atomic E-state index is -0.143. The number of piperidine rings is 3. The molecule has 2 aromatic rings. The number of fused-ring (bicyclic) bond motifs is 2. The van der Waals surface area contributed by atoms with Gasteiger partial charge in [0.05, 0.1) is 13.7 Å². The molecule has 7 nitrogen and oxygen atoms in total. The molecular weight excluding hydrogens is 342 g/mol. The highest BCUT2D eigenvalue weighted by molar-refractivity contribution is 5.90. The number of aliphatic imine (C=N–C) groups is 1. The lowest BCUT2D eigenvalue weighted by atomic mass is 9.75. The van der Waals surface area contributed by atoms with E-state index in [0.29, 0.717) is 17.8 Å². The van der Waals surface area contributed by atoms with Gasteiger partial charge in [-0.15, -0.1) is 0 Å². The molecule has 6 rings (SSSR count). The van der Waals surface area contributed by atoms with Crippen molar-refractivity contribution in [2.75, 3.05) is 38.6 Å². The number of anilines is 1. The first-order valence-electron chi connectivity index (χ1n) is 9.43. The molecule has 0 radical (unpaired) electrons. The Labute approximate surface area is 158 Å². The molecule has 0 saturated carbocycles. The zero-order valence-corrected chi connectivity index (χ0v) is 15.4. The quantitative estimate of drug-likeness (QED) is 0.901. The number of hydrogen-bond donors (Lipinski definition) is 1. The van der Waals surface area contributed by atoms with Crippen LogP contribution in [0.5, 0.6) is 5.88 Å². The Bertz CT molecular complexity index is 861. The van der Waals surface area contributed by atoms with Crippen LogP contribution in [0.25, 0.3) is 11.1 Å². The standard InChI is InChI=1S/C20H23N5O2/c1-26-18-3-2-15(11-22-18)14-4-7-21-17(10-14)24-19-23-12-20(27-19)13-25-8-5-16(20)6-9-25/h2-4,7,10-11,16H,5-6,8-9,12-13H2,1H3,(H,21,23,24)/t20-/m0/s1. The van der Waals surface area contributed by atoms with Gasteiger partial charge in [-0.2, -0.15) is 0 Å². The van der Waals surface area contributed by atoms with Crippen LogP contribution in [0.2, 0.25) is 0 Å². The van der Waals surface area contributed by atoms with E-state index < -0.39 is 0 Å². The molecule has 1 atom stereocenters. The molecule has 2 aromatic heterocycles. The molecule has 0 amide bonds. The topological polar surface area (TPSA) is 71.9 Å². The van der Waals surface area contributed by atoms with E-state index in [-0.39, 0.29) is 5.60 Å². The van der Waals surface area contributed by atoms with Crippen molar-refractivity contribution in [3.8, 4) is 17.0 Å². The van der Waals surface area contributed by atoms with Crippen LogP contribution in [0.3, 0.4) is 0 Å². The Morgan fingerprint density at radius 3 is 2.78 bits per heavy atom. The summed E-state index contributed by atoms with van der Waals surface area (Å²) in [6, 6.07) is 8.36. The molecule has 4 aliphatic rings. The summed E-state index contributed by atoms with van der Waals surface area (Å²) in [7, 11) is 1.61. The molecule has 7 heteroatoms. The minimum absolute atomic E-state index is 0.143. The van der Waals surface area contributed by atoms with Crippen LogP contribution < -0.4 is 10.1 Å². The average Bonchev–Trinajstić information content (AvgIpc) is 3.11. The van der Waals surface area contributed by atoms with E-state index >= 15 is 0 Å². The van der Waals surface area contributed by atoms with Crippen LogP contribution in [-0.4, -0.2) is 59.8 Å². The fraction of sp³-hybridized carbons (Fsp3) is 0.450. The molecule has 6 heterocycles. The van der Waals surface area contributed by atoms with Gasteiger partial charge in [0, 0.05) is 36.5 Å². The Hall–Kier alpha value is -2.67. The van der Waals surface area contributed by atoms with E-state index in [1.807, 2.05) is 24.3 Å². The van der Waals surface area contributed by atoms with E-state index in [1.54, 1.807) is 19.5 Å². The molecule has 0 unspecified atom stereocenters. The predicted molar refractivity (Wildman–Crippen MR) is 103 cm³/mol. The second-order valence-corrected chi connectivity index (χ2v) is 7.48. The number of aromatic nitrogens is 2. The maximum atomic E-state index is 6.33. The van der Waals surface area contributed by atoms with Crippen molar-refractivity contribution in [1.29, 1.82) is 0 Å². The highest BCUT2D eigenvalue weighted by Gasteiger charge is 2.51. The molecule has 0 aliphatic carbocycles. The molecular formula is C20H23N5O2. The van der Waals surface area contributed by atoms with Crippen molar-refractivity contribution < 1.29 is 9.47 Å². The molecule has 1 spiro atoms. The SMILES string of the molecule is COc1ccc(-c2ccnc(NC3=NC[C@@]4(CN5CCC4CC5)O3)c2)cn1. The number of pyridine rings is 2. The maximum Gasteiger partial charge on any atom is 0.291 e. The van der Waals surface area contributed by atoms with Crippen LogP contribution in [0.1, 0.15) is 12.8 Å². The Morgan fingerprint density at radius 2 is 2.07 bits per heavy atom. The number of amidine groups is 1. The van der Waals surface area contributed by atoms with Gasteiger partial charge in [0.25, 0.3) is 6.02 Å². The number of rotatable bonds is 3. The summed E-state index contributed by atoms with van der Waals surface area (Å²) in [5.41, 5.74) is 1.89. The predicted octanol–water partition coefficient (Wildman–Crippen LogP) is 2.41. The molecule has 4 aliphatic heterocycles. The van der Waals surface area contributed by atoms with Crippen molar-refractivity contribution in [2.24, 2.45) is 10.9 Å². The van der Waals surface area contributed by atoms with Crippen LogP contribution in [0, 0.1) is 5.92 Å². The number of hydrogen-bond acceptors (Lipinski definition) is 7. The number of ether oxygens (including phenoxy) is 2. The van der Waals surface area contributed by atoms with Crippen molar-refractivity contribution in [3.05, 3.63) is 36.7 Å². The van der Waals surface area contributed by atoms with Gasteiger partial charge < -0.3 is 9.47 Å². The summed E-state index contributed by atoms with van der Waals surface area (Å²) in [4.78, 5) is 15.8. The van der Waals surface area contributed by atoms with Gasteiger partial charge in [-0.3, -0.25) is 10.2 Å². The third-order valence-electron chi connectivity index (χ3n) is 5.89. The first kappa shape index (κ1) is 16.5. The fourth-order valence-electron chi connectivity index (χ4n) is 4.41. The first-order valence-corrected chi connectivity index (χ1v) is 9.43.